The Morgan fingerprint density at radius 1 is 1.05 bits per heavy atom. The summed E-state index contributed by atoms with van der Waals surface area (Å²) in [6.07, 6.45) is 0. The lowest BCUT2D eigenvalue weighted by Gasteiger charge is -2.21. The minimum absolute atomic E-state index is 0.0453. The molecule has 0 radical (unpaired) electrons. The third-order valence-corrected chi connectivity index (χ3v) is 3.91. The van der Waals surface area contributed by atoms with Crippen molar-refractivity contribution in [2.45, 2.75) is 19.3 Å². The van der Waals surface area contributed by atoms with Gasteiger partial charge in [-0.1, -0.05) is 50.1 Å². The first-order chi connectivity index (χ1) is 9.50. The van der Waals surface area contributed by atoms with E-state index in [0.29, 0.717) is 0 Å². The second-order valence-corrected chi connectivity index (χ2v) is 5.55. The van der Waals surface area contributed by atoms with Gasteiger partial charge in [-0.05, 0) is 40.3 Å². The fourth-order valence-electron chi connectivity index (χ4n) is 2.92. The van der Waals surface area contributed by atoms with Crippen LogP contribution in [-0.4, -0.2) is 5.91 Å². The quantitative estimate of drug-likeness (QED) is 0.728. The van der Waals surface area contributed by atoms with Crippen molar-refractivity contribution < 1.29 is 4.79 Å². The second-order valence-electron chi connectivity index (χ2n) is 5.55. The predicted molar refractivity (Wildman–Crippen MR) is 80.1 cm³/mol. The summed E-state index contributed by atoms with van der Waals surface area (Å²) in [5, 5.41) is 0. The predicted octanol–water partition coefficient (Wildman–Crippen LogP) is 2.83. The number of carbonyl (C=O) groups excluding carboxylic acids is 1. The van der Waals surface area contributed by atoms with Crippen LogP contribution in [-0.2, 0) is 10.2 Å². The molecule has 1 aliphatic rings. The van der Waals surface area contributed by atoms with Crippen molar-refractivity contribution in [2.24, 2.45) is 5.73 Å². The molecule has 0 aliphatic heterocycles. The van der Waals surface area contributed by atoms with Crippen molar-refractivity contribution in [3.8, 4) is 23.0 Å². The first-order valence-electron chi connectivity index (χ1n) is 6.56. The molecule has 1 amide bonds. The van der Waals surface area contributed by atoms with Crippen LogP contribution in [0, 0.1) is 11.8 Å². The van der Waals surface area contributed by atoms with Gasteiger partial charge in [0, 0.05) is 11.0 Å². The van der Waals surface area contributed by atoms with Crippen molar-refractivity contribution >= 4 is 5.91 Å². The van der Waals surface area contributed by atoms with Gasteiger partial charge in [0.1, 0.15) is 0 Å². The van der Waals surface area contributed by atoms with Crippen molar-refractivity contribution in [1.29, 1.82) is 0 Å². The zero-order chi connectivity index (χ0) is 14.3. The van der Waals surface area contributed by atoms with Gasteiger partial charge in [0.2, 0.25) is 0 Å². The average molecular weight is 261 g/mol. The summed E-state index contributed by atoms with van der Waals surface area (Å²) in [5.41, 5.74) is 10.9. The standard InChI is InChI=1S/C18H15NO/c1-18(2)15-6-4-3-5-13(15)14-9-7-12(11-16(14)18)8-10-17(19)20/h3-7,9,11H,1-2H3,(H2,19,20). The van der Waals surface area contributed by atoms with E-state index >= 15 is 0 Å². The second kappa shape index (κ2) is 4.25. The molecule has 2 N–H and O–H groups in total. The van der Waals surface area contributed by atoms with Crippen LogP contribution in [0.1, 0.15) is 30.5 Å². The Balaban J connectivity index is 2.18. The molecule has 0 spiro atoms. The first-order valence-corrected chi connectivity index (χ1v) is 6.56. The van der Waals surface area contributed by atoms with E-state index in [1.807, 2.05) is 6.07 Å². The monoisotopic (exact) mass is 261 g/mol. The number of hydrogen-bond acceptors (Lipinski definition) is 1. The van der Waals surface area contributed by atoms with Gasteiger partial charge in [-0.15, -0.1) is 0 Å². The summed E-state index contributed by atoms with van der Waals surface area (Å²) in [6, 6.07) is 14.5. The van der Waals surface area contributed by atoms with Gasteiger partial charge in [0.25, 0.3) is 5.91 Å². The number of benzene rings is 2. The molecule has 2 aromatic carbocycles. The van der Waals surface area contributed by atoms with Crippen LogP contribution >= 0.6 is 0 Å². The highest BCUT2D eigenvalue weighted by Crippen LogP contribution is 2.48. The molecule has 20 heavy (non-hydrogen) atoms. The third kappa shape index (κ3) is 1.80. The van der Waals surface area contributed by atoms with Crippen molar-refractivity contribution in [2.75, 3.05) is 0 Å². The molecule has 98 valence electrons. The van der Waals surface area contributed by atoms with Gasteiger partial charge in [0.05, 0.1) is 0 Å². The zero-order valence-corrected chi connectivity index (χ0v) is 11.5. The molecule has 2 heteroatoms. The molecular formula is C18H15NO. The van der Waals surface area contributed by atoms with Crippen molar-refractivity contribution in [3.63, 3.8) is 0 Å². The number of carbonyl (C=O) groups is 1. The van der Waals surface area contributed by atoms with E-state index in [9.17, 15) is 4.79 Å². The lowest BCUT2D eigenvalue weighted by atomic mass is 9.82. The summed E-state index contributed by atoms with van der Waals surface area (Å²) in [6.45, 7) is 4.42. The topological polar surface area (TPSA) is 43.1 Å². The molecule has 0 aromatic heterocycles. The number of fused-ring (bicyclic) bond motifs is 3. The van der Waals surface area contributed by atoms with E-state index in [0.717, 1.165) is 5.56 Å². The summed E-state index contributed by atoms with van der Waals surface area (Å²) in [5.74, 6) is 4.60. The molecule has 3 rings (SSSR count). The van der Waals surface area contributed by atoms with Crippen LogP contribution in [0.5, 0.6) is 0 Å². The van der Waals surface area contributed by atoms with Crippen LogP contribution < -0.4 is 5.73 Å². The average Bonchev–Trinajstić information content (AvgIpc) is 2.66. The highest BCUT2D eigenvalue weighted by molar-refractivity contribution is 5.92. The highest BCUT2D eigenvalue weighted by atomic mass is 16.1. The molecule has 0 bridgehead atoms. The minimum Gasteiger partial charge on any atom is -0.359 e. The van der Waals surface area contributed by atoms with E-state index in [1.54, 1.807) is 0 Å². The maximum Gasteiger partial charge on any atom is 0.293 e. The number of hydrogen-bond donors (Lipinski definition) is 1. The maximum absolute atomic E-state index is 10.8. The number of nitrogens with two attached hydrogens (primary N) is 1. The van der Waals surface area contributed by atoms with Crippen LogP contribution in [0.4, 0.5) is 0 Å². The Bertz CT molecular complexity index is 775. The van der Waals surface area contributed by atoms with Crippen LogP contribution in [0.15, 0.2) is 42.5 Å². The Kier molecular flexibility index (Phi) is 2.65. The zero-order valence-electron chi connectivity index (χ0n) is 11.5. The fourth-order valence-corrected chi connectivity index (χ4v) is 2.92. The van der Waals surface area contributed by atoms with Gasteiger partial charge in [-0.25, -0.2) is 0 Å². The van der Waals surface area contributed by atoms with Gasteiger partial charge >= 0.3 is 0 Å². The Morgan fingerprint density at radius 2 is 1.75 bits per heavy atom. The largest absolute Gasteiger partial charge is 0.359 e. The Hall–Kier alpha value is -2.53. The van der Waals surface area contributed by atoms with Crippen LogP contribution in [0.3, 0.4) is 0 Å². The summed E-state index contributed by atoms with van der Waals surface area (Å²) in [7, 11) is 0. The van der Waals surface area contributed by atoms with Crippen molar-refractivity contribution in [3.05, 3.63) is 59.2 Å². The molecule has 0 heterocycles. The van der Waals surface area contributed by atoms with E-state index in [4.69, 9.17) is 5.73 Å². The van der Waals surface area contributed by atoms with E-state index in [1.165, 1.54) is 22.3 Å². The van der Waals surface area contributed by atoms with E-state index in [-0.39, 0.29) is 5.41 Å². The van der Waals surface area contributed by atoms with E-state index < -0.39 is 5.91 Å². The molecular weight excluding hydrogens is 246 g/mol. The molecule has 2 aromatic rings. The maximum atomic E-state index is 10.8. The highest BCUT2D eigenvalue weighted by Gasteiger charge is 2.34. The Labute approximate surface area is 118 Å². The lowest BCUT2D eigenvalue weighted by molar-refractivity contribution is -0.112. The molecule has 0 atom stereocenters. The molecule has 2 nitrogen and oxygen atoms in total. The smallest absolute Gasteiger partial charge is 0.293 e. The fraction of sp³-hybridized carbons (Fsp3) is 0.167. The summed E-state index contributed by atoms with van der Waals surface area (Å²) < 4.78 is 0. The van der Waals surface area contributed by atoms with Gasteiger partial charge in [0.15, 0.2) is 0 Å². The van der Waals surface area contributed by atoms with E-state index in [2.05, 4.69) is 62.1 Å². The van der Waals surface area contributed by atoms with Gasteiger partial charge in [-0.2, -0.15) is 0 Å². The summed E-state index contributed by atoms with van der Waals surface area (Å²) >= 11 is 0. The van der Waals surface area contributed by atoms with Gasteiger partial charge < -0.3 is 5.73 Å². The molecule has 1 aliphatic carbocycles. The number of primary amides is 1. The third-order valence-electron chi connectivity index (χ3n) is 3.91. The van der Waals surface area contributed by atoms with Crippen LogP contribution in [0.2, 0.25) is 0 Å². The molecule has 0 fully saturated rings. The van der Waals surface area contributed by atoms with Gasteiger partial charge in [-0.3, -0.25) is 4.79 Å². The number of rotatable bonds is 0. The Morgan fingerprint density at radius 3 is 2.50 bits per heavy atom. The summed E-state index contributed by atoms with van der Waals surface area (Å²) in [4.78, 5) is 10.8. The lowest BCUT2D eigenvalue weighted by Crippen LogP contribution is -2.15. The molecule has 0 saturated heterocycles. The molecule has 0 saturated carbocycles. The molecule has 0 unspecified atom stereocenters. The normalized spacial score (nSPS) is 13.9. The van der Waals surface area contributed by atoms with Crippen LogP contribution in [0.25, 0.3) is 11.1 Å². The van der Waals surface area contributed by atoms with Crippen molar-refractivity contribution in [1.82, 2.24) is 0 Å². The number of amides is 1. The minimum atomic E-state index is -0.604. The first kappa shape index (κ1) is 12.5. The SMILES string of the molecule is CC1(C)c2ccccc2-c2ccc(C#CC(N)=O)cc21.